The summed E-state index contributed by atoms with van der Waals surface area (Å²) in [6, 6.07) is 8.92. The van der Waals surface area contributed by atoms with E-state index in [0.717, 1.165) is 26.5 Å². The summed E-state index contributed by atoms with van der Waals surface area (Å²) >= 11 is 3.31. The second-order valence-electron chi connectivity index (χ2n) is 6.61. The highest BCUT2D eigenvalue weighted by molar-refractivity contribution is 9.10. The molecule has 0 unspecified atom stereocenters. The second kappa shape index (κ2) is 8.02. The molecular weight excluding hydrogens is 410 g/mol. The maximum atomic E-state index is 12.2. The number of hydrogen-bond donors (Lipinski definition) is 1. The van der Waals surface area contributed by atoms with Gasteiger partial charge >= 0.3 is 5.63 Å². The topological polar surface area (TPSA) is 75.4 Å². The predicted octanol–water partition coefficient (Wildman–Crippen LogP) is 3.64. The summed E-state index contributed by atoms with van der Waals surface area (Å²) < 4.78 is 6.17. The summed E-state index contributed by atoms with van der Waals surface area (Å²) in [5.41, 5.74) is 3.20. The summed E-state index contributed by atoms with van der Waals surface area (Å²) in [6.07, 6.45) is 1.62. The van der Waals surface area contributed by atoms with E-state index in [9.17, 15) is 9.59 Å². The minimum Gasteiger partial charge on any atom is -0.423 e. The molecule has 1 N–H and O–H groups in total. The van der Waals surface area contributed by atoms with Gasteiger partial charge in [-0.15, -0.1) is 0 Å². The van der Waals surface area contributed by atoms with Crippen LogP contribution in [0.4, 0.5) is 5.82 Å². The number of rotatable bonds is 5. The first kappa shape index (κ1) is 19.3. The van der Waals surface area contributed by atoms with Gasteiger partial charge in [-0.3, -0.25) is 9.69 Å². The van der Waals surface area contributed by atoms with E-state index in [0.29, 0.717) is 17.9 Å². The van der Waals surface area contributed by atoms with Crippen LogP contribution in [-0.4, -0.2) is 29.4 Å². The van der Waals surface area contributed by atoms with Gasteiger partial charge in [-0.1, -0.05) is 0 Å². The first-order valence-electron chi connectivity index (χ1n) is 8.46. The lowest BCUT2D eigenvalue weighted by atomic mass is 10.0. The molecule has 6 nitrogen and oxygen atoms in total. The van der Waals surface area contributed by atoms with Crippen molar-refractivity contribution in [1.82, 2.24) is 9.88 Å². The van der Waals surface area contributed by atoms with Gasteiger partial charge in [0.2, 0.25) is 5.91 Å². The summed E-state index contributed by atoms with van der Waals surface area (Å²) in [6.45, 7) is 4.62. The van der Waals surface area contributed by atoms with Gasteiger partial charge in [0, 0.05) is 28.7 Å². The van der Waals surface area contributed by atoms with Crippen LogP contribution >= 0.6 is 15.9 Å². The molecule has 0 radical (unpaired) electrons. The molecule has 0 aliphatic heterocycles. The average molecular weight is 430 g/mol. The minimum absolute atomic E-state index is 0.171. The van der Waals surface area contributed by atoms with E-state index in [1.54, 1.807) is 12.3 Å². The number of carbonyl (C=O) groups excluding carboxylic acids is 1. The molecule has 0 bridgehead atoms. The maximum Gasteiger partial charge on any atom is 0.336 e. The number of nitrogens with one attached hydrogen (secondary N) is 1. The minimum atomic E-state index is -0.391. The molecule has 0 atom stereocenters. The van der Waals surface area contributed by atoms with Crippen LogP contribution in [0.1, 0.15) is 16.7 Å². The van der Waals surface area contributed by atoms with Crippen LogP contribution in [0.25, 0.3) is 11.0 Å². The van der Waals surface area contributed by atoms with Crippen LogP contribution in [-0.2, 0) is 11.3 Å². The largest absolute Gasteiger partial charge is 0.423 e. The van der Waals surface area contributed by atoms with Crippen LogP contribution in [0.3, 0.4) is 0 Å². The Morgan fingerprint density at radius 1 is 1.22 bits per heavy atom. The van der Waals surface area contributed by atoms with Gasteiger partial charge in [0.25, 0.3) is 0 Å². The molecule has 1 amide bonds. The predicted molar refractivity (Wildman–Crippen MR) is 109 cm³/mol. The van der Waals surface area contributed by atoms with Gasteiger partial charge < -0.3 is 9.73 Å². The highest BCUT2D eigenvalue weighted by Crippen LogP contribution is 2.22. The Morgan fingerprint density at radius 2 is 1.96 bits per heavy atom. The highest BCUT2D eigenvalue weighted by Gasteiger charge is 2.12. The van der Waals surface area contributed by atoms with E-state index < -0.39 is 5.63 Å². The summed E-state index contributed by atoms with van der Waals surface area (Å²) in [7, 11) is 1.83. The average Bonchev–Trinajstić information content (AvgIpc) is 2.58. The van der Waals surface area contributed by atoms with Gasteiger partial charge in [-0.25, -0.2) is 9.78 Å². The van der Waals surface area contributed by atoms with E-state index in [1.165, 1.54) is 6.07 Å². The molecule has 2 aromatic heterocycles. The Labute approximate surface area is 165 Å². The molecule has 0 saturated heterocycles. The summed E-state index contributed by atoms with van der Waals surface area (Å²) in [5.74, 6) is 0.320. The van der Waals surface area contributed by atoms with Crippen LogP contribution in [0.2, 0.25) is 0 Å². The summed E-state index contributed by atoms with van der Waals surface area (Å²) in [4.78, 5) is 30.1. The van der Waals surface area contributed by atoms with Crippen LogP contribution in [0, 0.1) is 13.8 Å². The van der Waals surface area contributed by atoms with Gasteiger partial charge in [0.1, 0.15) is 11.4 Å². The number of fused-ring (bicyclic) bond motifs is 1. The first-order valence-corrected chi connectivity index (χ1v) is 9.25. The van der Waals surface area contributed by atoms with Crippen molar-refractivity contribution >= 4 is 38.6 Å². The van der Waals surface area contributed by atoms with Crippen LogP contribution in [0.15, 0.2) is 50.2 Å². The van der Waals surface area contributed by atoms with E-state index >= 15 is 0 Å². The van der Waals surface area contributed by atoms with Crippen molar-refractivity contribution in [2.45, 2.75) is 20.4 Å². The number of halogens is 1. The molecule has 7 heteroatoms. The normalized spacial score (nSPS) is 11.1. The number of hydrogen-bond acceptors (Lipinski definition) is 5. The third-order valence-corrected chi connectivity index (χ3v) is 4.76. The third kappa shape index (κ3) is 4.81. The van der Waals surface area contributed by atoms with Crippen LogP contribution in [0.5, 0.6) is 0 Å². The Hall–Kier alpha value is -2.51. The molecular formula is C20H20BrN3O3. The Kier molecular flexibility index (Phi) is 5.72. The van der Waals surface area contributed by atoms with Crippen molar-refractivity contribution in [2.24, 2.45) is 0 Å². The van der Waals surface area contributed by atoms with Crippen molar-refractivity contribution in [2.75, 3.05) is 18.9 Å². The van der Waals surface area contributed by atoms with Crippen LogP contribution < -0.4 is 10.9 Å². The number of anilines is 1. The van der Waals surface area contributed by atoms with Crippen molar-refractivity contribution in [3.63, 3.8) is 0 Å². The molecule has 0 saturated carbocycles. The van der Waals surface area contributed by atoms with Crippen molar-refractivity contribution in [1.29, 1.82) is 0 Å². The number of benzene rings is 1. The fourth-order valence-electron chi connectivity index (χ4n) is 2.84. The van der Waals surface area contributed by atoms with E-state index in [-0.39, 0.29) is 12.5 Å². The number of aromatic nitrogens is 1. The fourth-order valence-corrected chi connectivity index (χ4v) is 3.07. The molecule has 0 aliphatic carbocycles. The number of pyridine rings is 1. The Balaban J connectivity index is 1.74. The quantitative estimate of drug-likeness (QED) is 0.626. The number of aryl methyl sites for hydroxylation is 2. The lowest BCUT2D eigenvalue weighted by Gasteiger charge is -2.17. The highest BCUT2D eigenvalue weighted by atomic mass is 79.9. The molecule has 140 valence electrons. The van der Waals surface area contributed by atoms with Gasteiger partial charge in [-0.2, -0.15) is 0 Å². The zero-order valence-corrected chi connectivity index (χ0v) is 17.0. The molecule has 0 aliphatic rings. The number of carbonyl (C=O) groups is 1. The second-order valence-corrected chi connectivity index (χ2v) is 7.52. The smallest absolute Gasteiger partial charge is 0.336 e. The van der Waals surface area contributed by atoms with Crippen molar-refractivity contribution in [3.05, 3.63) is 68.1 Å². The lowest BCUT2D eigenvalue weighted by Crippen LogP contribution is -2.30. The van der Waals surface area contributed by atoms with Gasteiger partial charge in [0.05, 0.1) is 6.54 Å². The lowest BCUT2D eigenvalue weighted by molar-refractivity contribution is -0.117. The van der Waals surface area contributed by atoms with E-state index in [1.807, 2.05) is 44.0 Å². The standard InChI is InChI=1S/C20H20BrN3O3/c1-12-6-16-14(8-20(26)27-17(16)7-13(12)2)10-24(3)11-19(25)23-18-5-4-15(21)9-22-18/h4-9H,10-11H2,1-3H3,(H,22,23,25). The zero-order chi connectivity index (χ0) is 19.6. The third-order valence-electron chi connectivity index (χ3n) is 4.29. The molecule has 3 aromatic rings. The first-order chi connectivity index (χ1) is 12.8. The monoisotopic (exact) mass is 429 g/mol. The summed E-state index contributed by atoms with van der Waals surface area (Å²) in [5, 5.41) is 3.65. The fraction of sp³-hybridized carbons (Fsp3) is 0.250. The van der Waals surface area contributed by atoms with Gasteiger partial charge in [0.15, 0.2) is 0 Å². The molecule has 0 spiro atoms. The molecule has 2 heterocycles. The number of nitrogens with zero attached hydrogens (tertiary/aromatic N) is 2. The number of amides is 1. The maximum absolute atomic E-state index is 12.2. The molecule has 3 rings (SSSR count). The zero-order valence-electron chi connectivity index (χ0n) is 15.4. The SMILES string of the molecule is Cc1cc2oc(=O)cc(CN(C)CC(=O)Nc3ccc(Br)cn3)c2cc1C. The van der Waals surface area contributed by atoms with E-state index in [4.69, 9.17) is 4.42 Å². The van der Waals surface area contributed by atoms with Crippen molar-refractivity contribution in [3.8, 4) is 0 Å². The molecule has 27 heavy (non-hydrogen) atoms. The van der Waals surface area contributed by atoms with Gasteiger partial charge in [-0.05, 0) is 77.8 Å². The van der Waals surface area contributed by atoms with E-state index in [2.05, 4.69) is 26.2 Å². The molecule has 0 fully saturated rings. The van der Waals surface area contributed by atoms with Crippen molar-refractivity contribution < 1.29 is 9.21 Å². The Morgan fingerprint density at radius 3 is 2.67 bits per heavy atom. The number of likely N-dealkylation sites (N-methyl/N-ethyl adjacent to an activating group) is 1. The molecule has 1 aromatic carbocycles. The Bertz CT molecular complexity index is 1040.